The number of carbonyl (C=O) groups is 2. The number of imidazole rings is 1. The molecule has 1 aliphatic rings. The number of fused-ring (bicyclic) bond motifs is 1. The Bertz CT molecular complexity index is 906. The molecular formula is C21H31N5O3. The van der Waals surface area contributed by atoms with Gasteiger partial charge in [0.15, 0.2) is 17.3 Å². The van der Waals surface area contributed by atoms with Crippen molar-refractivity contribution >= 4 is 11.8 Å². The van der Waals surface area contributed by atoms with Crippen LogP contribution in [-0.2, 0) is 17.9 Å². The van der Waals surface area contributed by atoms with Crippen molar-refractivity contribution in [1.29, 1.82) is 0 Å². The van der Waals surface area contributed by atoms with E-state index in [2.05, 4.69) is 25.1 Å². The van der Waals surface area contributed by atoms with Gasteiger partial charge < -0.3 is 24.5 Å². The van der Waals surface area contributed by atoms with E-state index in [1.165, 1.54) is 0 Å². The largest absolute Gasteiger partial charge is 0.458 e. The second-order valence-corrected chi connectivity index (χ2v) is 8.77. The Morgan fingerprint density at radius 1 is 1.24 bits per heavy atom. The Kier molecular flexibility index (Phi) is 5.84. The van der Waals surface area contributed by atoms with E-state index in [4.69, 9.17) is 4.42 Å². The first-order chi connectivity index (χ1) is 13.6. The fourth-order valence-electron chi connectivity index (χ4n) is 3.66. The quantitative estimate of drug-likeness (QED) is 0.819. The van der Waals surface area contributed by atoms with Crippen molar-refractivity contribution in [3.8, 4) is 11.6 Å². The number of carbonyl (C=O) groups excluding carboxylic acids is 2. The normalized spacial score (nSPS) is 16.1. The molecule has 0 aromatic carbocycles. The zero-order chi connectivity index (χ0) is 21.3. The molecule has 0 unspecified atom stereocenters. The van der Waals surface area contributed by atoms with E-state index >= 15 is 0 Å². The molecule has 158 valence electrons. The van der Waals surface area contributed by atoms with Crippen molar-refractivity contribution in [2.75, 3.05) is 20.6 Å². The number of aryl methyl sites for hydroxylation is 1. The van der Waals surface area contributed by atoms with Crippen LogP contribution >= 0.6 is 0 Å². The molecule has 8 heteroatoms. The minimum absolute atomic E-state index is 0.227. The Hall–Kier alpha value is -2.61. The van der Waals surface area contributed by atoms with Crippen molar-refractivity contribution in [2.24, 2.45) is 5.41 Å². The molecule has 2 amide bonds. The van der Waals surface area contributed by atoms with Gasteiger partial charge in [0, 0.05) is 20.1 Å². The smallest absolute Gasteiger partial charge is 0.272 e. The van der Waals surface area contributed by atoms with Crippen LogP contribution in [0.4, 0.5) is 0 Å². The Labute approximate surface area is 171 Å². The molecule has 2 N–H and O–H groups in total. The molecule has 1 aliphatic heterocycles. The van der Waals surface area contributed by atoms with Crippen molar-refractivity contribution in [3.63, 3.8) is 0 Å². The molecule has 0 spiro atoms. The molecular weight excluding hydrogens is 370 g/mol. The first kappa shape index (κ1) is 21.1. The predicted molar refractivity (Wildman–Crippen MR) is 110 cm³/mol. The first-order valence-corrected chi connectivity index (χ1v) is 9.99. The zero-order valence-electron chi connectivity index (χ0n) is 18.1. The number of nitrogens with zero attached hydrogens (tertiary/aromatic N) is 3. The summed E-state index contributed by atoms with van der Waals surface area (Å²) in [6.45, 7) is 9.95. The lowest BCUT2D eigenvalue weighted by molar-refractivity contribution is -0.124. The lowest BCUT2D eigenvalue weighted by atomic mass is 9.86. The van der Waals surface area contributed by atoms with Gasteiger partial charge in [0.25, 0.3) is 5.91 Å². The van der Waals surface area contributed by atoms with E-state index in [1.54, 1.807) is 7.05 Å². The third kappa shape index (κ3) is 4.37. The highest BCUT2D eigenvalue weighted by molar-refractivity contribution is 5.97. The van der Waals surface area contributed by atoms with Gasteiger partial charge in [-0.25, -0.2) is 4.98 Å². The van der Waals surface area contributed by atoms with Gasteiger partial charge in [-0.05, 0) is 44.5 Å². The van der Waals surface area contributed by atoms with E-state index in [0.717, 1.165) is 31.0 Å². The molecule has 1 atom stereocenters. The summed E-state index contributed by atoms with van der Waals surface area (Å²) in [5.74, 6) is 1.52. The zero-order valence-corrected chi connectivity index (χ0v) is 18.1. The third-order valence-corrected chi connectivity index (χ3v) is 5.24. The molecule has 0 bridgehead atoms. The van der Waals surface area contributed by atoms with Crippen molar-refractivity contribution in [2.45, 2.75) is 53.2 Å². The highest BCUT2D eigenvalue weighted by atomic mass is 16.3. The van der Waals surface area contributed by atoms with Crippen molar-refractivity contribution in [1.82, 2.24) is 25.1 Å². The van der Waals surface area contributed by atoms with Crippen LogP contribution in [0.15, 0.2) is 16.5 Å². The summed E-state index contributed by atoms with van der Waals surface area (Å²) in [6, 6.07) is 3.10. The highest BCUT2D eigenvalue weighted by Gasteiger charge is 2.34. The fraction of sp³-hybridized carbons (Fsp3) is 0.571. The van der Waals surface area contributed by atoms with Crippen LogP contribution in [0.2, 0.25) is 0 Å². The van der Waals surface area contributed by atoms with E-state index in [9.17, 15) is 9.59 Å². The van der Waals surface area contributed by atoms with Crippen LogP contribution in [0.3, 0.4) is 0 Å². The monoisotopic (exact) mass is 401 g/mol. The molecule has 3 rings (SSSR count). The van der Waals surface area contributed by atoms with Crippen LogP contribution in [0, 0.1) is 12.3 Å². The van der Waals surface area contributed by atoms with Gasteiger partial charge in [0.05, 0.1) is 5.69 Å². The van der Waals surface area contributed by atoms with E-state index < -0.39 is 11.5 Å². The maximum Gasteiger partial charge on any atom is 0.272 e. The van der Waals surface area contributed by atoms with Gasteiger partial charge in [0.1, 0.15) is 11.8 Å². The number of amides is 2. The van der Waals surface area contributed by atoms with E-state index in [0.29, 0.717) is 23.8 Å². The summed E-state index contributed by atoms with van der Waals surface area (Å²) < 4.78 is 7.87. The molecule has 2 aromatic rings. The highest BCUT2D eigenvalue weighted by Crippen LogP contribution is 2.28. The maximum atomic E-state index is 13.2. The van der Waals surface area contributed by atoms with Gasteiger partial charge in [-0.1, -0.05) is 20.8 Å². The SMILES string of the molecule is CNC(=O)[C@@H](NC(=O)c1nc(-c2ccc(C)o2)n2c1CN(C)CCC2)C(C)(C)C. The Morgan fingerprint density at radius 3 is 2.55 bits per heavy atom. The number of furan rings is 1. The van der Waals surface area contributed by atoms with Crippen molar-refractivity contribution < 1.29 is 14.0 Å². The summed E-state index contributed by atoms with van der Waals surface area (Å²) in [5, 5.41) is 5.54. The molecule has 2 aromatic heterocycles. The van der Waals surface area contributed by atoms with Crippen LogP contribution < -0.4 is 10.6 Å². The standard InChI is InChI=1S/C21H31N5O3/c1-13-8-9-15(29-13)18-23-16(14-12-25(6)10-7-11-26(14)18)19(27)24-17(20(28)22-5)21(2,3)4/h8-9,17H,7,10-12H2,1-6H3,(H,22,28)(H,24,27)/t17-/m1/s1. The minimum Gasteiger partial charge on any atom is -0.458 e. The fourth-order valence-corrected chi connectivity index (χ4v) is 3.66. The molecule has 0 radical (unpaired) electrons. The van der Waals surface area contributed by atoms with Crippen LogP contribution in [0.1, 0.15) is 49.1 Å². The Balaban J connectivity index is 2.03. The maximum absolute atomic E-state index is 13.2. The summed E-state index contributed by atoms with van der Waals surface area (Å²) in [4.78, 5) is 32.5. The van der Waals surface area contributed by atoms with Crippen molar-refractivity contribution in [3.05, 3.63) is 29.3 Å². The molecule has 8 nitrogen and oxygen atoms in total. The summed E-state index contributed by atoms with van der Waals surface area (Å²) in [5.41, 5.74) is 0.751. The van der Waals surface area contributed by atoms with Gasteiger partial charge in [-0.2, -0.15) is 0 Å². The molecule has 0 saturated heterocycles. The number of likely N-dealkylation sites (N-methyl/N-ethyl adjacent to an activating group) is 1. The molecule has 0 fully saturated rings. The van der Waals surface area contributed by atoms with Gasteiger partial charge in [-0.15, -0.1) is 0 Å². The van der Waals surface area contributed by atoms with Gasteiger partial charge in [-0.3, -0.25) is 9.59 Å². The minimum atomic E-state index is -0.671. The molecule has 0 aliphatic carbocycles. The molecule has 3 heterocycles. The average molecular weight is 402 g/mol. The number of hydrogen-bond donors (Lipinski definition) is 2. The molecule has 0 saturated carbocycles. The summed E-state index contributed by atoms with van der Waals surface area (Å²) in [7, 11) is 3.60. The summed E-state index contributed by atoms with van der Waals surface area (Å²) >= 11 is 0. The van der Waals surface area contributed by atoms with Gasteiger partial charge in [0.2, 0.25) is 5.91 Å². The van der Waals surface area contributed by atoms with Gasteiger partial charge >= 0.3 is 0 Å². The van der Waals surface area contributed by atoms with Crippen LogP contribution in [0.25, 0.3) is 11.6 Å². The Morgan fingerprint density at radius 2 is 1.97 bits per heavy atom. The topological polar surface area (TPSA) is 92.4 Å². The predicted octanol–water partition coefficient (Wildman–Crippen LogP) is 2.18. The second-order valence-electron chi connectivity index (χ2n) is 8.77. The number of aromatic nitrogens is 2. The second kappa shape index (κ2) is 8.02. The number of nitrogens with one attached hydrogen (secondary N) is 2. The molecule has 29 heavy (non-hydrogen) atoms. The third-order valence-electron chi connectivity index (χ3n) is 5.24. The van der Waals surface area contributed by atoms with Crippen LogP contribution in [0.5, 0.6) is 0 Å². The number of rotatable bonds is 4. The number of hydrogen-bond acceptors (Lipinski definition) is 5. The van der Waals surface area contributed by atoms with E-state index in [1.807, 2.05) is 46.9 Å². The lowest BCUT2D eigenvalue weighted by Crippen LogP contribution is -2.53. The van der Waals surface area contributed by atoms with Crippen LogP contribution in [-0.4, -0.2) is 52.9 Å². The van der Waals surface area contributed by atoms with E-state index in [-0.39, 0.29) is 11.8 Å². The summed E-state index contributed by atoms with van der Waals surface area (Å²) in [6.07, 6.45) is 0.955. The first-order valence-electron chi connectivity index (χ1n) is 9.99. The average Bonchev–Trinajstić information content (AvgIpc) is 3.16. The lowest BCUT2D eigenvalue weighted by Gasteiger charge is -2.29.